The van der Waals surface area contributed by atoms with Crippen LogP contribution in [0.25, 0.3) is 0 Å². The van der Waals surface area contributed by atoms with E-state index < -0.39 is 6.29 Å². The Kier molecular flexibility index (Phi) is 2.41. The molecule has 0 fully saturated rings. The van der Waals surface area contributed by atoms with Crippen molar-refractivity contribution in [2.75, 3.05) is 11.1 Å². The molecule has 19 heavy (non-hydrogen) atoms. The van der Waals surface area contributed by atoms with Crippen LogP contribution in [0.5, 0.6) is 11.5 Å². The molecule has 98 valence electrons. The van der Waals surface area contributed by atoms with Crippen molar-refractivity contribution < 1.29 is 18.3 Å². The molecule has 5 nitrogen and oxygen atoms in total. The molecular weight excluding hydrogens is 256 g/mol. The summed E-state index contributed by atoms with van der Waals surface area (Å²) in [5.41, 5.74) is 6.08. The van der Waals surface area contributed by atoms with Gasteiger partial charge >= 0.3 is 6.29 Å². The Morgan fingerprint density at radius 3 is 2.68 bits per heavy atom. The van der Waals surface area contributed by atoms with E-state index in [1.807, 2.05) is 0 Å². The van der Waals surface area contributed by atoms with Crippen LogP contribution in [0, 0.1) is 0 Å². The number of aromatic nitrogens is 1. The van der Waals surface area contributed by atoms with Gasteiger partial charge in [0.2, 0.25) is 0 Å². The molecule has 0 saturated heterocycles. The average Bonchev–Trinajstić information content (AvgIpc) is 2.62. The van der Waals surface area contributed by atoms with E-state index in [1.165, 1.54) is 12.1 Å². The Bertz CT molecular complexity index is 634. The minimum atomic E-state index is -3.61. The summed E-state index contributed by atoms with van der Waals surface area (Å²) >= 11 is 0. The molecule has 7 heteroatoms. The summed E-state index contributed by atoms with van der Waals surface area (Å²) in [5, 5.41) is 2.93. The average molecular weight is 265 g/mol. The van der Waals surface area contributed by atoms with Crippen LogP contribution in [0.1, 0.15) is 0 Å². The second kappa shape index (κ2) is 3.98. The van der Waals surface area contributed by atoms with Crippen LogP contribution in [0.3, 0.4) is 0 Å². The van der Waals surface area contributed by atoms with Crippen LogP contribution in [-0.2, 0) is 0 Å². The summed E-state index contributed by atoms with van der Waals surface area (Å²) in [4.78, 5) is 4.04. The van der Waals surface area contributed by atoms with Crippen molar-refractivity contribution in [1.29, 1.82) is 0 Å². The molecule has 0 amide bonds. The van der Waals surface area contributed by atoms with Gasteiger partial charge in [-0.25, -0.2) is 4.98 Å². The van der Waals surface area contributed by atoms with Crippen molar-refractivity contribution in [3.8, 4) is 11.5 Å². The smallest absolute Gasteiger partial charge is 0.395 e. The number of alkyl halides is 2. The highest BCUT2D eigenvalue weighted by atomic mass is 19.3. The van der Waals surface area contributed by atoms with E-state index in [4.69, 9.17) is 5.73 Å². The minimum Gasteiger partial charge on any atom is -0.395 e. The Balaban J connectivity index is 1.85. The Labute approximate surface area is 107 Å². The number of hydrogen-bond donors (Lipinski definition) is 2. The Hall–Kier alpha value is -2.57. The van der Waals surface area contributed by atoms with Gasteiger partial charge in [-0.3, -0.25) is 0 Å². The van der Waals surface area contributed by atoms with E-state index >= 15 is 0 Å². The maximum atomic E-state index is 12.9. The second-order valence-corrected chi connectivity index (χ2v) is 3.90. The number of halogens is 2. The van der Waals surface area contributed by atoms with Crippen LogP contribution in [0.15, 0.2) is 36.4 Å². The van der Waals surface area contributed by atoms with Crippen molar-refractivity contribution in [2.45, 2.75) is 6.29 Å². The highest BCUT2D eigenvalue weighted by molar-refractivity contribution is 5.62. The fourth-order valence-corrected chi connectivity index (χ4v) is 1.70. The van der Waals surface area contributed by atoms with E-state index in [0.29, 0.717) is 17.3 Å². The first kappa shape index (κ1) is 11.5. The van der Waals surface area contributed by atoms with Crippen LogP contribution >= 0.6 is 0 Å². The van der Waals surface area contributed by atoms with Gasteiger partial charge < -0.3 is 20.5 Å². The second-order valence-electron chi connectivity index (χ2n) is 3.90. The first-order valence-corrected chi connectivity index (χ1v) is 5.41. The number of hydrogen-bond acceptors (Lipinski definition) is 5. The van der Waals surface area contributed by atoms with E-state index in [9.17, 15) is 8.78 Å². The van der Waals surface area contributed by atoms with E-state index in [2.05, 4.69) is 19.8 Å². The number of nitrogen functional groups attached to an aromatic ring is 1. The fourth-order valence-electron chi connectivity index (χ4n) is 1.70. The zero-order chi connectivity index (χ0) is 13.5. The summed E-state index contributed by atoms with van der Waals surface area (Å²) in [6.07, 6.45) is -3.61. The zero-order valence-corrected chi connectivity index (χ0v) is 9.56. The number of anilines is 3. The number of nitrogens with two attached hydrogens (primary N) is 1. The van der Waals surface area contributed by atoms with Crippen LogP contribution in [-0.4, -0.2) is 11.3 Å². The summed E-state index contributed by atoms with van der Waals surface area (Å²) in [6.45, 7) is 0. The van der Waals surface area contributed by atoms with Gasteiger partial charge in [-0.1, -0.05) is 6.07 Å². The van der Waals surface area contributed by atoms with Gasteiger partial charge in [-0.05, 0) is 24.3 Å². The molecule has 3 rings (SSSR count). The molecule has 1 aliphatic heterocycles. The highest BCUT2D eigenvalue weighted by Gasteiger charge is 2.43. The lowest BCUT2D eigenvalue weighted by molar-refractivity contribution is -0.286. The van der Waals surface area contributed by atoms with Gasteiger partial charge in [0.15, 0.2) is 11.5 Å². The van der Waals surface area contributed by atoms with Gasteiger partial charge in [0, 0.05) is 11.8 Å². The third kappa shape index (κ3) is 2.35. The number of benzene rings is 1. The van der Waals surface area contributed by atoms with Gasteiger partial charge in [0.25, 0.3) is 0 Å². The first-order chi connectivity index (χ1) is 9.02. The van der Waals surface area contributed by atoms with E-state index in [0.717, 1.165) is 0 Å². The number of ether oxygens (including phenoxy) is 2. The zero-order valence-electron chi connectivity index (χ0n) is 9.56. The molecular formula is C12H9F2N3O2. The summed E-state index contributed by atoms with van der Waals surface area (Å²) in [6, 6.07) is 9.45. The molecule has 0 atom stereocenters. The molecule has 0 saturated carbocycles. The van der Waals surface area contributed by atoms with Crippen LogP contribution in [0.4, 0.5) is 26.1 Å². The van der Waals surface area contributed by atoms with Crippen LogP contribution < -0.4 is 20.5 Å². The standard InChI is InChI=1S/C12H9F2N3O2/c13-12(14)18-8-5-4-7(6-9(8)19-12)16-11-3-1-2-10(15)17-11/h1-6H,(H3,15,16,17). The molecule has 0 radical (unpaired) electrons. The number of nitrogens with one attached hydrogen (secondary N) is 1. The third-order valence-electron chi connectivity index (χ3n) is 2.44. The lowest BCUT2D eigenvalue weighted by Crippen LogP contribution is -2.25. The van der Waals surface area contributed by atoms with Crippen molar-refractivity contribution in [3.05, 3.63) is 36.4 Å². The third-order valence-corrected chi connectivity index (χ3v) is 2.44. The number of pyridine rings is 1. The number of nitrogens with zero attached hydrogens (tertiary/aromatic N) is 1. The molecule has 2 aromatic rings. The lowest BCUT2D eigenvalue weighted by atomic mass is 10.3. The predicted molar refractivity (Wildman–Crippen MR) is 64.6 cm³/mol. The summed E-state index contributed by atoms with van der Waals surface area (Å²) < 4.78 is 34.4. The van der Waals surface area contributed by atoms with Crippen molar-refractivity contribution >= 4 is 17.3 Å². The first-order valence-electron chi connectivity index (χ1n) is 5.41. The monoisotopic (exact) mass is 265 g/mol. The maximum absolute atomic E-state index is 12.9. The molecule has 0 aliphatic carbocycles. The number of fused-ring (bicyclic) bond motifs is 1. The fraction of sp³-hybridized carbons (Fsp3) is 0.0833. The van der Waals surface area contributed by atoms with Gasteiger partial charge in [-0.2, -0.15) is 0 Å². The highest BCUT2D eigenvalue weighted by Crippen LogP contribution is 2.42. The Morgan fingerprint density at radius 1 is 1.11 bits per heavy atom. The predicted octanol–water partition coefficient (Wildman–Crippen LogP) is 2.73. The van der Waals surface area contributed by atoms with E-state index in [1.54, 1.807) is 24.3 Å². The largest absolute Gasteiger partial charge is 0.586 e. The van der Waals surface area contributed by atoms with Crippen molar-refractivity contribution in [3.63, 3.8) is 0 Å². The molecule has 1 aromatic carbocycles. The van der Waals surface area contributed by atoms with Gasteiger partial charge in [0.05, 0.1) is 0 Å². The molecule has 1 aromatic heterocycles. The summed E-state index contributed by atoms with van der Waals surface area (Å²) in [7, 11) is 0. The van der Waals surface area contributed by atoms with Gasteiger partial charge in [-0.15, -0.1) is 8.78 Å². The maximum Gasteiger partial charge on any atom is 0.586 e. The summed E-state index contributed by atoms with van der Waals surface area (Å²) in [5.74, 6) is 0.831. The number of rotatable bonds is 2. The minimum absolute atomic E-state index is 0.00363. The molecule has 3 N–H and O–H groups in total. The SMILES string of the molecule is Nc1cccc(Nc2ccc3c(c2)OC(F)(F)O3)n1. The molecule has 2 heterocycles. The lowest BCUT2D eigenvalue weighted by Gasteiger charge is -2.06. The van der Waals surface area contributed by atoms with Crippen molar-refractivity contribution in [2.24, 2.45) is 0 Å². The molecule has 1 aliphatic rings. The molecule has 0 bridgehead atoms. The molecule has 0 unspecified atom stereocenters. The topological polar surface area (TPSA) is 69.4 Å². The Morgan fingerprint density at radius 2 is 1.89 bits per heavy atom. The van der Waals surface area contributed by atoms with Crippen molar-refractivity contribution in [1.82, 2.24) is 4.98 Å². The van der Waals surface area contributed by atoms with Gasteiger partial charge in [0.1, 0.15) is 11.6 Å². The quantitative estimate of drug-likeness (QED) is 0.873. The molecule has 0 spiro atoms. The van der Waals surface area contributed by atoms with E-state index in [-0.39, 0.29) is 11.5 Å². The van der Waals surface area contributed by atoms with Crippen LogP contribution in [0.2, 0.25) is 0 Å². The normalized spacial score (nSPS) is 15.3.